The molecule has 0 bridgehead atoms. The van der Waals surface area contributed by atoms with Gasteiger partial charge in [-0.1, -0.05) is 12.8 Å². The highest BCUT2D eigenvalue weighted by atomic mass is 16.4. The van der Waals surface area contributed by atoms with E-state index >= 15 is 0 Å². The van der Waals surface area contributed by atoms with Gasteiger partial charge in [-0.05, 0) is 65.0 Å². The highest BCUT2D eigenvalue weighted by Crippen LogP contribution is 2.37. The lowest BCUT2D eigenvalue weighted by Gasteiger charge is -2.40. The van der Waals surface area contributed by atoms with E-state index in [9.17, 15) is 9.90 Å². The third-order valence-electron chi connectivity index (χ3n) is 6.88. The van der Waals surface area contributed by atoms with Crippen molar-refractivity contribution in [2.75, 3.05) is 19.6 Å². The van der Waals surface area contributed by atoms with Crippen molar-refractivity contribution in [2.24, 2.45) is 0 Å². The molecule has 1 aliphatic heterocycles. The van der Waals surface area contributed by atoms with Crippen molar-refractivity contribution in [1.82, 2.24) is 20.0 Å². The van der Waals surface area contributed by atoms with E-state index in [1.807, 2.05) is 11.6 Å². The number of carbonyl (C=O) groups is 1. The van der Waals surface area contributed by atoms with Crippen molar-refractivity contribution in [3.63, 3.8) is 0 Å². The summed E-state index contributed by atoms with van der Waals surface area (Å²) in [5.41, 5.74) is 2.71. The van der Waals surface area contributed by atoms with Gasteiger partial charge in [-0.15, -0.1) is 0 Å². The minimum atomic E-state index is -0.890. The summed E-state index contributed by atoms with van der Waals surface area (Å²) < 4.78 is 1.89. The van der Waals surface area contributed by atoms with E-state index in [0.29, 0.717) is 11.6 Å². The first-order valence-corrected chi connectivity index (χ1v) is 10.4. The highest BCUT2D eigenvalue weighted by molar-refractivity contribution is 5.87. The largest absolute Gasteiger partial charge is 0.476 e. The Kier molecular flexibility index (Phi) is 5.06. The number of carboxylic acid groups (broad SMARTS) is 1. The summed E-state index contributed by atoms with van der Waals surface area (Å²) in [5.74, 6) is -0.890. The zero-order valence-corrected chi connectivity index (χ0v) is 16.0. The van der Waals surface area contributed by atoms with Crippen LogP contribution in [-0.2, 0) is 19.4 Å². The summed E-state index contributed by atoms with van der Waals surface area (Å²) in [6.45, 7) is 6.33. The van der Waals surface area contributed by atoms with Gasteiger partial charge < -0.3 is 10.4 Å². The van der Waals surface area contributed by atoms with E-state index in [1.54, 1.807) is 0 Å². The molecule has 6 heteroatoms. The van der Waals surface area contributed by atoms with E-state index < -0.39 is 5.97 Å². The van der Waals surface area contributed by atoms with Crippen molar-refractivity contribution in [1.29, 1.82) is 0 Å². The summed E-state index contributed by atoms with van der Waals surface area (Å²) in [6.07, 6.45) is 10.8. The first-order chi connectivity index (χ1) is 12.6. The molecule has 1 atom stereocenters. The molecular weight excluding hydrogens is 328 g/mol. The molecule has 1 saturated heterocycles. The third-order valence-corrected chi connectivity index (χ3v) is 6.88. The topological polar surface area (TPSA) is 70.4 Å². The predicted octanol–water partition coefficient (Wildman–Crippen LogP) is 2.46. The molecule has 1 aromatic heterocycles. The second kappa shape index (κ2) is 7.31. The van der Waals surface area contributed by atoms with Gasteiger partial charge in [0.15, 0.2) is 5.69 Å². The Morgan fingerprint density at radius 2 is 2.00 bits per heavy atom. The van der Waals surface area contributed by atoms with Gasteiger partial charge in [-0.25, -0.2) is 4.79 Å². The molecule has 2 heterocycles. The van der Waals surface area contributed by atoms with Crippen LogP contribution in [0.5, 0.6) is 0 Å². The number of carboxylic acids is 1. The Hall–Kier alpha value is -1.40. The van der Waals surface area contributed by atoms with E-state index in [-0.39, 0.29) is 5.69 Å². The van der Waals surface area contributed by atoms with E-state index in [1.165, 1.54) is 51.6 Å². The molecule has 0 spiro atoms. The second-order valence-corrected chi connectivity index (χ2v) is 8.34. The quantitative estimate of drug-likeness (QED) is 0.815. The lowest BCUT2D eigenvalue weighted by atomic mass is 9.89. The minimum absolute atomic E-state index is 0.267. The molecule has 2 fully saturated rings. The molecule has 4 rings (SSSR count). The molecule has 144 valence electrons. The first kappa shape index (κ1) is 18.0. The van der Waals surface area contributed by atoms with Gasteiger partial charge in [0, 0.05) is 35.9 Å². The van der Waals surface area contributed by atoms with Crippen molar-refractivity contribution in [3.8, 4) is 0 Å². The number of nitrogens with zero attached hydrogens (tertiary/aromatic N) is 3. The van der Waals surface area contributed by atoms with Gasteiger partial charge in [-0.3, -0.25) is 9.58 Å². The third kappa shape index (κ3) is 3.18. The first-order valence-electron chi connectivity index (χ1n) is 10.4. The molecule has 0 aromatic carbocycles. The molecule has 0 radical (unpaired) electrons. The average molecular weight is 361 g/mol. The molecule has 3 aliphatic rings. The number of aryl methyl sites for hydroxylation is 1. The summed E-state index contributed by atoms with van der Waals surface area (Å²) in [4.78, 5) is 14.3. The molecule has 1 saturated carbocycles. The molecule has 1 unspecified atom stereocenters. The maximum atomic E-state index is 11.6. The normalized spacial score (nSPS) is 25.5. The Bertz CT molecular complexity index is 657. The molecule has 0 amide bonds. The summed E-state index contributed by atoms with van der Waals surface area (Å²) in [7, 11) is 0. The van der Waals surface area contributed by atoms with Gasteiger partial charge in [0.2, 0.25) is 0 Å². The number of likely N-dealkylation sites (tertiary alicyclic amines) is 1. The van der Waals surface area contributed by atoms with Gasteiger partial charge in [0.05, 0.1) is 0 Å². The van der Waals surface area contributed by atoms with Crippen LogP contribution < -0.4 is 5.32 Å². The monoisotopic (exact) mass is 360 g/mol. The van der Waals surface area contributed by atoms with Crippen LogP contribution in [0.2, 0.25) is 0 Å². The van der Waals surface area contributed by atoms with Crippen LogP contribution in [0.3, 0.4) is 0 Å². The number of fused-ring (bicyclic) bond motifs is 1. The Labute approximate surface area is 155 Å². The van der Waals surface area contributed by atoms with Gasteiger partial charge >= 0.3 is 5.97 Å². The minimum Gasteiger partial charge on any atom is -0.476 e. The lowest BCUT2D eigenvalue weighted by molar-refractivity contribution is 0.0688. The fraction of sp³-hybridized carbons (Fsp3) is 0.800. The zero-order valence-electron chi connectivity index (χ0n) is 16.0. The number of aromatic nitrogens is 2. The molecule has 2 aliphatic carbocycles. The molecule has 26 heavy (non-hydrogen) atoms. The molecule has 2 N–H and O–H groups in total. The van der Waals surface area contributed by atoms with Crippen molar-refractivity contribution < 1.29 is 9.90 Å². The number of rotatable bonds is 6. The number of hydrogen-bond acceptors (Lipinski definition) is 4. The number of nitrogens with one attached hydrogen (secondary N) is 1. The average Bonchev–Trinajstić information content (AvgIpc) is 3.38. The van der Waals surface area contributed by atoms with Crippen molar-refractivity contribution >= 4 is 5.97 Å². The van der Waals surface area contributed by atoms with Crippen LogP contribution in [0.1, 0.15) is 73.6 Å². The summed E-state index contributed by atoms with van der Waals surface area (Å²) in [6, 6.07) is 0.371. The number of aromatic carboxylic acids is 1. The molecular formula is C20H32N4O2. The fourth-order valence-electron chi connectivity index (χ4n) is 5.46. The van der Waals surface area contributed by atoms with Crippen LogP contribution in [0, 0.1) is 0 Å². The van der Waals surface area contributed by atoms with Gasteiger partial charge in [-0.2, -0.15) is 5.10 Å². The zero-order chi connectivity index (χ0) is 18.1. The van der Waals surface area contributed by atoms with Crippen LogP contribution in [0.25, 0.3) is 0 Å². The van der Waals surface area contributed by atoms with Crippen molar-refractivity contribution in [2.45, 2.75) is 82.8 Å². The molecule has 6 nitrogen and oxygen atoms in total. The van der Waals surface area contributed by atoms with Crippen LogP contribution in [-0.4, -0.2) is 57.0 Å². The van der Waals surface area contributed by atoms with E-state index in [0.717, 1.165) is 43.6 Å². The van der Waals surface area contributed by atoms with Gasteiger partial charge in [0.1, 0.15) is 0 Å². The fourth-order valence-corrected chi connectivity index (χ4v) is 5.46. The number of hydrogen-bond donors (Lipinski definition) is 2. The standard InChI is InChI=1S/C20H32N4O2/c1-2-24-17-8-7-15(13-16(17)18(22-24)19(25)26)21-14-20(9-3-4-10-20)23-11-5-6-12-23/h15,21H,2-14H2,1H3,(H,25,26). The van der Waals surface area contributed by atoms with Crippen LogP contribution in [0.15, 0.2) is 0 Å². The SMILES string of the molecule is CCn1nc(C(=O)O)c2c1CCC(NCC1(N3CCCC3)CCCC1)C2. The maximum absolute atomic E-state index is 11.6. The van der Waals surface area contributed by atoms with Crippen molar-refractivity contribution in [3.05, 3.63) is 17.0 Å². The van der Waals surface area contributed by atoms with E-state index in [4.69, 9.17) is 0 Å². The lowest BCUT2D eigenvalue weighted by Crippen LogP contribution is -2.54. The van der Waals surface area contributed by atoms with Crippen LogP contribution in [0.4, 0.5) is 0 Å². The van der Waals surface area contributed by atoms with Crippen LogP contribution >= 0.6 is 0 Å². The van der Waals surface area contributed by atoms with E-state index in [2.05, 4.69) is 15.3 Å². The second-order valence-electron chi connectivity index (χ2n) is 8.34. The summed E-state index contributed by atoms with van der Waals surface area (Å²) >= 11 is 0. The highest BCUT2D eigenvalue weighted by Gasteiger charge is 2.41. The molecule has 1 aromatic rings. The Morgan fingerprint density at radius 3 is 2.65 bits per heavy atom. The Balaban J connectivity index is 1.46. The predicted molar refractivity (Wildman–Crippen MR) is 101 cm³/mol. The van der Waals surface area contributed by atoms with Gasteiger partial charge in [0.25, 0.3) is 0 Å². The smallest absolute Gasteiger partial charge is 0.356 e. The Morgan fingerprint density at radius 1 is 1.27 bits per heavy atom. The maximum Gasteiger partial charge on any atom is 0.356 e. The summed E-state index contributed by atoms with van der Waals surface area (Å²) in [5, 5.41) is 17.7.